The number of unbranched alkanes of at least 4 members (excludes halogenated alkanes) is 1. The summed E-state index contributed by atoms with van der Waals surface area (Å²) in [7, 11) is 1.70. The van der Waals surface area contributed by atoms with Gasteiger partial charge in [0.05, 0.1) is 29.8 Å². The second kappa shape index (κ2) is 17.0. The lowest BCUT2D eigenvalue weighted by Gasteiger charge is -2.37. The Morgan fingerprint density at radius 1 is 1.18 bits per heavy atom. The van der Waals surface area contributed by atoms with Crippen molar-refractivity contribution in [1.82, 2.24) is 30.3 Å². The fourth-order valence-corrected chi connectivity index (χ4v) is 9.41. The molecule has 0 unspecified atom stereocenters. The smallest absolute Gasteiger partial charge is 0.324 e. The van der Waals surface area contributed by atoms with Gasteiger partial charge in [0.15, 0.2) is 0 Å². The number of ether oxygens (including phenoxy) is 3. The average Bonchev–Trinajstić information content (AvgIpc) is 3.50. The number of benzene rings is 1. The first kappa shape index (κ1) is 41.0. The number of aromatic nitrogens is 3. The van der Waals surface area contributed by atoms with Gasteiger partial charge in [-0.3, -0.25) is 24.4 Å². The van der Waals surface area contributed by atoms with E-state index in [1.807, 2.05) is 18.4 Å². The molecule has 1 saturated heterocycles. The lowest BCUT2D eigenvalue weighted by atomic mass is 9.84. The van der Waals surface area contributed by atoms with Gasteiger partial charge in [0.25, 0.3) is 5.91 Å². The number of fused-ring (bicyclic) bond motifs is 6. The summed E-state index contributed by atoms with van der Waals surface area (Å²) in [6.45, 7) is 16.3. The number of thiazole rings is 1. The molecule has 4 aromatic rings. The number of esters is 1. The maximum absolute atomic E-state index is 14.6. The largest absolute Gasteiger partial charge is 0.464 e. The highest BCUT2D eigenvalue weighted by atomic mass is 32.1. The van der Waals surface area contributed by atoms with Crippen LogP contribution in [0.1, 0.15) is 103 Å². The molecule has 3 aromatic heterocycles. The molecule has 7 rings (SSSR count). The van der Waals surface area contributed by atoms with E-state index >= 15 is 0 Å². The molecular formula is C44H58N6O6S. The number of methoxy groups -OCH3 is 1. The van der Waals surface area contributed by atoms with Crippen LogP contribution in [-0.4, -0.2) is 76.3 Å². The van der Waals surface area contributed by atoms with Crippen molar-refractivity contribution >= 4 is 40.0 Å². The second-order valence-corrected chi connectivity index (χ2v) is 17.7. The number of carbonyl (C=O) groups is 3. The molecule has 12 nitrogen and oxygen atoms in total. The SMILES string of the molecule is CCCCO[C@@H]1c2nc(cs2)-c2ccc3c(c2)c(c(-c2cccnc2[C@H](C)OC)n3CC)CC(C)(C)COC(=O)[C@@H]2CCCN(N2)C(=O)[C@H]1NC(=O)[C@H]1[C@H](C)[C@@H]1C. The second-order valence-electron chi connectivity index (χ2n) is 16.8. The number of hydrogen-bond donors (Lipinski definition) is 2. The van der Waals surface area contributed by atoms with Crippen molar-refractivity contribution in [2.75, 3.05) is 26.9 Å². The highest BCUT2D eigenvalue weighted by Gasteiger charge is 2.50. The number of carbonyl (C=O) groups excluding carboxylic acids is 3. The van der Waals surface area contributed by atoms with Crippen LogP contribution in [0.15, 0.2) is 41.9 Å². The highest BCUT2D eigenvalue weighted by Crippen LogP contribution is 2.46. The van der Waals surface area contributed by atoms with Crippen LogP contribution in [0.25, 0.3) is 33.4 Å². The summed E-state index contributed by atoms with van der Waals surface area (Å²) < 4.78 is 20.8. The Balaban J connectivity index is 1.40. The van der Waals surface area contributed by atoms with E-state index < -0.39 is 29.6 Å². The summed E-state index contributed by atoms with van der Waals surface area (Å²) in [5.74, 6) is -0.687. The summed E-state index contributed by atoms with van der Waals surface area (Å²) in [6, 6.07) is 8.74. The fourth-order valence-electron chi connectivity index (χ4n) is 8.50. The number of hydrazine groups is 1. The standard InChI is InChI=1S/C44H58N6O6S/c1-9-11-20-55-39-37(47-40(51)35-25(3)26(35)4)42(52)50-19-13-15-32(48-50)43(53)56-24-44(6,7)22-31-30-21-28(33-23-57-41(39)46-33)16-17-34(30)49(10-2)38(31)29-14-12-18-45-36(29)27(5)54-8/h12,14,16-18,21,23,25-27,32,35,37,39,48H,9-11,13,15,19-20,22,24H2,1-8H3,(H,47,51)/t25-,26+,27-,32-,35+,37-,39-/m0/s1. The van der Waals surface area contributed by atoms with Crippen LogP contribution in [0.5, 0.6) is 0 Å². The Bertz CT molecular complexity index is 2100. The molecule has 0 radical (unpaired) electrons. The molecule has 13 heteroatoms. The van der Waals surface area contributed by atoms with Gasteiger partial charge < -0.3 is 24.1 Å². The molecule has 306 valence electrons. The molecule has 7 atom stereocenters. The van der Waals surface area contributed by atoms with Gasteiger partial charge in [0.2, 0.25) is 5.91 Å². The Labute approximate surface area is 340 Å². The minimum atomic E-state index is -1.06. The van der Waals surface area contributed by atoms with Crippen LogP contribution in [0, 0.1) is 23.2 Å². The molecular weight excluding hydrogens is 741 g/mol. The summed E-state index contributed by atoms with van der Waals surface area (Å²) >= 11 is 1.43. The van der Waals surface area contributed by atoms with E-state index in [1.54, 1.807) is 13.3 Å². The van der Waals surface area contributed by atoms with Gasteiger partial charge in [-0.05, 0) is 81.2 Å². The van der Waals surface area contributed by atoms with Gasteiger partial charge in [0.1, 0.15) is 23.2 Å². The van der Waals surface area contributed by atoms with Gasteiger partial charge >= 0.3 is 5.97 Å². The first-order valence-electron chi connectivity index (χ1n) is 20.6. The number of hydrogen-bond acceptors (Lipinski definition) is 10. The zero-order valence-corrected chi connectivity index (χ0v) is 35.4. The van der Waals surface area contributed by atoms with Crippen molar-refractivity contribution in [3.63, 3.8) is 0 Å². The van der Waals surface area contributed by atoms with E-state index in [-0.39, 0.29) is 42.3 Å². The number of pyridine rings is 1. The maximum Gasteiger partial charge on any atom is 0.324 e. The van der Waals surface area contributed by atoms with Crippen molar-refractivity contribution in [3.05, 3.63) is 58.2 Å². The Morgan fingerprint density at radius 3 is 2.68 bits per heavy atom. The van der Waals surface area contributed by atoms with E-state index in [0.717, 1.165) is 64.1 Å². The molecule has 1 aromatic carbocycles. The number of amides is 2. The molecule has 2 aliphatic heterocycles. The van der Waals surface area contributed by atoms with Crippen molar-refractivity contribution in [3.8, 4) is 22.5 Å². The van der Waals surface area contributed by atoms with Gasteiger partial charge in [-0.25, -0.2) is 10.4 Å². The summed E-state index contributed by atoms with van der Waals surface area (Å²) in [6.07, 6.45) is 4.13. The molecule has 57 heavy (non-hydrogen) atoms. The van der Waals surface area contributed by atoms with Crippen LogP contribution in [-0.2, 0) is 41.6 Å². The van der Waals surface area contributed by atoms with Crippen molar-refractivity contribution in [1.29, 1.82) is 0 Å². The number of nitrogens with zero attached hydrogens (tertiary/aromatic N) is 4. The van der Waals surface area contributed by atoms with Crippen LogP contribution >= 0.6 is 11.3 Å². The molecule has 3 aliphatic rings. The third kappa shape index (κ3) is 8.26. The predicted octanol–water partition coefficient (Wildman–Crippen LogP) is 7.42. The Morgan fingerprint density at radius 2 is 1.96 bits per heavy atom. The Hall–Kier alpha value is -4.17. The normalized spacial score (nSPS) is 25.5. The summed E-state index contributed by atoms with van der Waals surface area (Å²) in [4.78, 5) is 52.2. The number of aryl methyl sites for hydroxylation is 1. The van der Waals surface area contributed by atoms with Crippen molar-refractivity contribution in [2.24, 2.45) is 23.2 Å². The van der Waals surface area contributed by atoms with E-state index in [4.69, 9.17) is 24.2 Å². The maximum atomic E-state index is 14.6. The lowest BCUT2D eigenvalue weighted by molar-refractivity contribution is -0.157. The van der Waals surface area contributed by atoms with Gasteiger partial charge in [-0.15, -0.1) is 11.3 Å². The van der Waals surface area contributed by atoms with Gasteiger partial charge in [0, 0.05) is 71.7 Å². The lowest BCUT2D eigenvalue weighted by Crippen LogP contribution is -2.61. The number of rotatable bonds is 10. The number of nitrogens with one attached hydrogen (secondary N) is 2. The van der Waals surface area contributed by atoms with Crippen LogP contribution in [0.2, 0.25) is 0 Å². The van der Waals surface area contributed by atoms with E-state index in [9.17, 15) is 14.4 Å². The van der Waals surface area contributed by atoms with Crippen LogP contribution in [0.4, 0.5) is 0 Å². The first-order valence-corrected chi connectivity index (χ1v) is 21.5. The van der Waals surface area contributed by atoms with Crippen molar-refractivity contribution in [2.45, 2.75) is 111 Å². The molecule has 0 spiro atoms. The minimum Gasteiger partial charge on any atom is -0.464 e. The summed E-state index contributed by atoms with van der Waals surface area (Å²) in [5.41, 5.74) is 9.53. The monoisotopic (exact) mass is 798 g/mol. The average molecular weight is 799 g/mol. The third-order valence-electron chi connectivity index (χ3n) is 12.2. The van der Waals surface area contributed by atoms with Gasteiger partial charge in [-0.1, -0.05) is 47.1 Å². The molecule has 2 fully saturated rings. The molecule has 2 amide bonds. The molecule has 2 N–H and O–H groups in total. The fraction of sp³-hybridized carbons (Fsp3) is 0.568. The number of cyclic esters (lactones) is 1. The van der Waals surface area contributed by atoms with Gasteiger partial charge in [-0.2, -0.15) is 0 Å². The first-order chi connectivity index (χ1) is 27.4. The topological polar surface area (TPSA) is 137 Å². The highest BCUT2D eigenvalue weighted by molar-refractivity contribution is 7.10. The van der Waals surface area contributed by atoms with Crippen molar-refractivity contribution < 1.29 is 28.6 Å². The summed E-state index contributed by atoms with van der Waals surface area (Å²) in [5, 5.41) is 8.29. The predicted molar refractivity (Wildman–Crippen MR) is 221 cm³/mol. The molecule has 1 saturated carbocycles. The van der Waals surface area contributed by atoms with E-state index in [2.05, 4.69) is 81.1 Å². The Kier molecular flexibility index (Phi) is 12.2. The third-order valence-corrected chi connectivity index (χ3v) is 13.1. The zero-order chi connectivity index (χ0) is 40.6. The molecule has 6 bridgehead atoms. The van der Waals surface area contributed by atoms with Crippen LogP contribution < -0.4 is 10.7 Å². The van der Waals surface area contributed by atoms with Crippen LogP contribution in [0.3, 0.4) is 0 Å². The zero-order valence-electron chi connectivity index (χ0n) is 34.6. The van der Waals surface area contributed by atoms with E-state index in [0.29, 0.717) is 37.4 Å². The molecule has 5 heterocycles. The van der Waals surface area contributed by atoms with E-state index in [1.165, 1.54) is 16.3 Å². The quantitative estimate of drug-likeness (QED) is 0.124. The molecule has 1 aliphatic carbocycles. The minimum absolute atomic E-state index is 0.169.